The van der Waals surface area contributed by atoms with Gasteiger partial charge in [0.15, 0.2) is 0 Å². The van der Waals surface area contributed by atoms with E-state index in [0.717, 1.165) is 11.3 Å². The molecule has 1 amide bonds. The van der Waals surface area contributed by atoms with Crippen LogP contribution >= 0.6 is 0 Å². The SMILES string of the molecule is CC.Cc1cc(C)c2c(c1)NC(=O)C2C.[HH]. The minimum atomic E-state index is 0. The molecule has 1 aromatic carbocycles. The highest BCUT2D eigenvalue weighted by Crippen LogP contribution is 2.35. The van der Waals surface area contributed by atoms with Gasteiger partial charge < -0.3 is 5.32 Å². The number of hydrogen-bond donors (Lipinski definition) is 1. The molecule has 84 valence electrons. The summed E-state index contributed by atoms with van der Waals surface area (Å²) in [5, 5.41) is 2.89. The van der Waals surface area contributed by atoms with Crippen LogP contribution in [0, 0.1) is 13.8 Å². The number of hydrogen-bond acceptors (Lipinski definition) is 1. The summed E-state index contributed by atoms with van der Waals surface area (Å²) >= 11 is 0. The molecular formula is C13H21NO. The van der Waals surface area contributed by atoms with Crippen LogP contribution in [-0.4, -0.2) is 5.91 Å². The third-order valence-corrected chi connectivity index (χ3v) is 2.62. The summed E-state index contributed by atoms with van der Waals surface area (Å²) in [5.74, 6) is 0.124. The molecule has 0 saturated heterocycles. The Kier molecular flexibility index (Phi) is 3.51. The van der Waals surface area contributed by atoms with Crippen molar-refractivity contribution in [3.05, 3.63) is 28.8 Å². The predicted octanol–water partition coefficient (Wildman–Crippen LogP) is 3.63. The van der Waals surface area contributed by atoms with Gasteiger partial charge in [-0.05, 0) is 43.5 Å². The van der Waals surface area contributed by atoms with E-state index in [1.807, 2.05) is 33.8 Å². The van der Waals surface area contributed by atoms with E-state index in [4.69, 9.17) is 0 Å². The second kappa shape index (κ2) is 4.47. The van der Waals surface area contributed by atoms with Crippen LogP contribution in [0.15, 0.2) is 12.1 Å². The van der Waals surface area contributed by atoms with Crippen molar-refractivity contribution in [2.45, 2.75) is 40.5 Å². The number of rotatable bonds is 0. The fraction of sp³-hybridized carbons (Fsp3) is 0.462. The molecule has 2 heteroatoms. The van der Waals surface area contributed by atoms with Gasteiger partial charge >= 0.3 is 0 Å². The van der Waals surface area contributed by atoms with E-state index in [1.165, 1.54) is 11.1 Å². The first-order chi connectivity index (χ1) is 7.09. The number of aryl methyl sites for hydroxylation is 2. The molecule has 0 aromatic heterocycles. The average molecular weight is 207 g/mol. The number of carbonyl (C=O) groups excluding carboxylic acids is 1. The maximum atomic E-state index is 11.4. The first-order valence-corrected chi connectivity index (χ1v) is 5.51. The first-order valence-electron chi connectivity index (χ1n) is 5.51. The molecule has 0 radical (unpaired) electrons. The molecule has 15 heavy (non-hydrogen) atoms. The fourth-order valence-corrected chi connectivity index (χ4v) is 2.03. The van der Waals surface area contributed by atoms with Crippen LogP contribution in [0.1, 0.15) is 44.8 Å². The Labute approximate surface area is 93.2 Å². The number of benzene rings is 1. The smallest absolute Gasteiger partial charge is 0.231 e. The highest BCUT2D eigenvalue weighted by Gasteiger charge is 2.27. The summed E-state index contributed by atoms with van der Waals surface area (Å²) < 4.78 is 0. The number of anilines is 1. The normalized spacial score (nSPS) is 17.7. The lowest BCUT2D eigenvalue weighted by Crippen LogP contribution is -2.08. The van der Waals surface area contributed by atoms with E-state index < -0.39 is 0 Å². The van der Waals surface area contributed by atoms with Crippen LogP contribution in [0.2, 0.25) is 0 Å². The van der Waals surface area contributed by atoms with Gasteiger partial charge in [0, 0.05) is 7.11 Å². The fourth-order valence-electron chi connectivity index (χ4n) is 2.03. The van der Waals surface area contributed by atoms with Crippen LogP contribution < -0.4 is 5.32 Å². The van der Waals surface area contributed by atoms with Gasteiger partial charge in [0.2, 0.25) is 5.91 Å². The Balaban J connectivity index is 0.000000711. The molecule has 0 bridgehead atoms. The lowest BCUT2D eigenvalue weighted by Gasteiger charge is -2.06. The zero-order chi connectivity index (χ0) is 11.6. The molecule has 0 fully saturated rings. The third-order valence-electron chi connectivity index (χ3n) is 2.62. The lowest BCUT2D eigenvalue weighted by molar-refractivity contribution is -0.116. The number of amides is 1. The molecule has 1 atom stereocenters. The van der Waals surface area contributed by atoms with Gasteiger partial charge in [0.05, 0.1) is 5.92 Å². The van der Waals surface area contributed by atoms with Crippen LogP contribution in [-0.2, 0) is 4.79 Å². The zero-order valence-corrected chi connectivity index (χ0v) is 10.1. The summed E-state index contributed by atoms with van der Waals surface area (Å²) in [7, 11) is 0. The van der Waals surface area contributed by atoms with Crippen LogP contribution in [0.25, 0.3) is 0 Å². The maximum absolute atomic E-state index is 11.4. The number of carbonyl (C=O) groups is 1. The molecule has 0 spiro atoms. The van der Waals surface area contributed by atoms with Crippen molar-refractivity contribution >= 4 is 11.6 Å². The van der Waals surface area contributed by atoms with Crippen LogP contribution in [0.3, 0.4) is 0 Å². The largest absolute Gasteiger partial charge is 0.325 e. The predicted molar refractivity (Wildman–Crippen MR) is 66.4 cm³/mol. The molecule has 1 unspecified atom stereocenters. The average Bonchev–Trinajstić information content (AvgIpc) is 2.45. The molecule has 2 nitrogen and oxygen atoms in total. The Hall–Kier alpha value is -1.31. The number of fused-ring (bicyclic) bond motifs is 1. The van der Waals surface area contributed by atoms with Gasteiger partial charge in [-0.25, -0.2) is 0 Å². The topological polar surface area (TPSA) is 29.1 Å². The third kappa shape index (κ3) is 2.04. The van der Waals surface area contributed by atoms with Crippen molar-refractivity contribution in [1.29, 1.82) is 0 Å². The van der Waals surface area contributed by atoms with Crippen molar-refractivity contribution in [3.8, 4) is 0 Å². The van der Waals surface area contributed by atoms with Crippen LogP contribution in [0.5, 0.6) is 0 Å². The summed E-state index contributed by atoms with van der Waals surface area (Å²) in [6.45, 7) is 10.1. The molecular weight excluding hydrogens is 186 g/mol. The minimum absolute atomic E-state index is 0. The zero-order valence-electron chi connectivity index (χ0n) is 10.1. The highest BCUT2D eigenvalue weighted by atomic mass is 16.2. The Morgan fingerprint density at radius 2 is 1.87 bits per heavy atom. The van der Waals surface area contributed by atoms with Gasteiger partial charge in [-0.2, -0.15) is 0 Å². The van der Waals surface area contributed by atoms with Gasteiger partial charge in [-0.3, -0.25) is 4.79 Å². The summed E-state index contributed by atoms with van der Waals surface area (Å²) in [5.41, 5.74) is 4.57. The van der Waals surface area contributed by atoms with E-state index in [9.17, 15) is 4.79 Å². The van der Waals surface area contributed by atoms with E-state index in [0.29, 0.717) is 0 Å². The van der Waals surface area contributed by atoms with Crippen molar-refractivity contribution < 1.29 is 6.22 Å². The second-order valence-corrected chi connectivity index (χ2v) is 3.75. The standard InChI is InChI=1S/C11H13NO.C2H6.H2/c1-6-4-7(2)10-8(3)11(13)12-9(10)5-6;1-2;/h4-5,8H,1-3H3,(H,12,13);1-2H3;1H. The van der Waals surface area contributed by atoms with Crippen molar-refractivity contribution in [3.63, 3.8) is 0 Å². The van der Waals surface area contributed by atoms with Gasteiger partial charge in [-0.1, -0.05) is 19.9 Å². The molecule has 1 heterocycles. The molecule has 1 N–H and O–H groups in total. The van der Waals surface area contributed by atoms with Crippen LogP contribution in [0.4, 0.5) is 5.69 Å². The lowest BCUT2D eigenvalue weighted by atomic mass is 9.96. The Morgan fingerprint density at radius 3 is 2.47 bits per heavy atom. The Morgan fingerprint density at radius 1 is 1.27 bits per heavy atom. The summed E-state index contributed by atoms with van der Waals surface area (Å²) in [6.07, 6.45) is 0. The monoisotopic (exact) mass is 207 g/mol. The molecule has 1 aliphatic heterocycles. The van der Waals surface area contributed by atoms with Crippen molar-refractivity contribution in [1.82, 2.24) is 0 Å². The molecule has 1 aliphatic rings. The second-order valence-electron chi connectivity index (χ2n) is 3.75. The van der Waals surface area contributed by atoms with E-state index in [1.54, 1.807) is 0 Å². The van der Waals surface area contributed by atoms with Gasteiger partial charge in [0.1, 0.15) is 0 Å². The van der Waals surface area contributed by atoms with E-state index >= 15 is 0 Å². The van der Waals surface area contributed by atoms with E-state index in [2.05, 4.69) is 18.3 Å². The Bertz CT molecular complexity index is 388. The van der Waals surface area contributed by atoms with Gasteiger partial charge in [0.25, 0.3) is 0 Å². The minimum Gasteiger partial charge on any atom is -0.325 e. The molecule has 0 aliphatic carbocycles. The van der Waals surface area contributed by atoms with Gasteiger partial charge in [-0.15, -0.1) is 0 Å². The highest BCUT2D eigenvalue weighted by molar-refractivity contribution is 6.03. The first kappa shape index (κ1) is 11.8. The van der Waals surface area contributed by atoms with Crippen molar-refractivity contribution in [2.75, 3.05) is 5.32 Å². The molecule has 2 rings (SSSR count). The molecule has 1 aromatic rings. The van der Waals surface area contributed by atoms with Crippen molar-refractivity contribution in [2.24, 2.45) is 0 Å². The quantitative estimate of drug-likeness (QED) is 0.691. The van der Waals surface area contributed by atoms with E-state index in [-0.39, 0.29) is 13.3 Å². The molecule has 0 saturated carbocycles. The summed E-state index contributed by atoms with van der Waals surface area (Å²) in [4.78, 5) is 11.4. The maximum Gasteiger partial charge on any atom is 0.231 e. The number of nitrogens with one attached hydrogen (secondary N) is 1. The summed E-state index contributed by atoms with van der Waals surface area (Å²) in [6, 6.07) is 4.15.